The Hall–Kier alpha value is -1.90. The van der Waals surface area contributed by atoms with Crippen LogP contribution in [0.1, 0.15) is 24.5 Å². The van der Waals surface area contributed by atoms with E-state index in [4.69, 9.17) is 14.0 Å². The van der Waals surface area contributed by atoms with Gasteiger partial charge in [0, 0.05) is 29.4 Å². The molecular weight excluding hydrogens is 380 g/mol. The SMILES string of the molecule is CCOC(=O)C(=O)[CH][CH][C]1[CH]CCc2ccccc21.[C-]#[O+].[C-]#[O+].[C-]#[O+].[Fe]. The minimum Gasteiger partial charge on any atom is 0 e. The summed E-state index contributed by atoms with van der Waals surface area (Å²) in [5.74, 6) is -0.436. The predicted molar refractivity (Wildman–Crippen MR) is 83.4 cm³/mol. The van der Waals surface area contributed by atoms with Gasteiger partial charge in [-0.25, -0.2) is 4.79 Å². The third kappa shape index (κ3) is 10.2. The predicted octanol–water partition coefficient (Wildman–Crippen LogP) is 2.19. The molecule has 0 saturated carbocycles. The molecule has 1 aliphatic rings. The first-order valence-electron chi connectivity index (χ1n) is 7.01. The summed E-state index contributed by atoms with van der Waals surface area (Å²) in [6.07, 6.45) is 7.02. The third-order valence-corrected chi connectivity index (χ3v) is 3.00. The van der Waals surface area contributed by atoms with Crippen LogP contribution in [0.4, 0.5) is 0 Å². The summed E-state index contributed by atoms with van der Waals surface area (Å²) in [6.45, 7) is 15.4. The van der Waals surface area contributed by atoms with Crippen molar-refractivity contribution in [3.8, 4) is 0 Å². The maximum Gasteiger partial charge on any atom is 0 e. The van der Waals surface area contributed by atoms with E-state index in [-0.39, 0.29) is 23.7 Å². The Morgan fingerprint density at radius 1 is 1.12 bits per heavy atom. The molecule has 0 N–H and O–H groups in total. The van der Waals surface area contributed by atoms with Crippen LogP contribution in [0.15, 0.2) is 24.3 Å². The number of carbonyl (C=O) groups is 2. The fourth-order valence-electron chi connectivity index (χ4n) is 2.11. The van der Waals surface area contributed by atoms with E-state index in [2.05, 4.69) is 37.2 Å². The van der Waals surface area contributed by atoms with Crippen molar-refractivity contribution < 1.29 is 45.4 Å². The first kappa shape index (κ1) is 28.9. The van der Waals surface area contributed by atoms with E-state index in [1.54, 1.807) is 13.3 Å². The summed E-state index contributed by atoms with van der Waals surface area (Å²) < 4.78 is 27.2. The topological polar surface area (TPSA) is 103 Å². The van der Waals surface area contributed by atoms with Gasteiger partial charge in [-0.2, -0.15) is 0 Å². The van der Waals surface area contributed by atoms with Crippen molar-refractivity contribution in [1.82, 2.24) is 0 Å². The summed E-state index contributed by atoms with van der Waals surface area (Å²) in [7, 11) is 0. The Morgan fingerprint density at radius 3 is 2.27 bits per heavy atom. The van der Waals surface area contributed by atoms with Gasteiger partial charge in [0.05, 0.1) is 6.61 Å². The average molecular weight is 396 g/mol. The van der Waals surface area contributed by atoms with Crippen LogP contribution >= 0.6 is 0 Å². The Bertz CT molecular complexity index is 577. The van der Waals surface area contributed by atoms with E-state index in [1.165, 1.54) is 12.0 Å². The molecule has 0 atom stereocenters. The van der Waals surface area contributed by atoms with Gasteiger partial charge in [-0.1, -0.05) is 24.3 Å². The fourth-order valence-corrected chi connectivity index (χ4v) is 2.11. The Balaban J connectivity index is -0.000000686. The molecular formula is C19H16FeO6. The maximum atomic E-state index is 11.5. The molecule has 0 fully saturated rings. The molecule has 6 nitrogen and oxygen atoms in total. The summed E-state index contributed by atoms with van der Waals surface area (Å²) in [5.41, 5.74) is 2.40. The van der Waals surface area contributed by atoms with Crippen LogP contribution in [0.2, 0.25) is 0 Å². The zero-order chi connectivity index (χ0) is 19.7. The van der Waals surface area contributed by atoms with Crippen molar-refractivity contribution >= 4 is 11.8 Å². The van der Waals surface area contributed by atoms with Crippen molar-refractivity contribution in [2.75, 3.05) is 6.61 Å². The largest absolute Gasteiger partial charge is 0 e. The zero-order valence-electron chi connectivity index (χ0n) is 14.0. The number of aryl methyl sites for hydroxylation is 1. The van der Waals surface area contributed by atoms with Crippen molar-refractivity contribution in [3.05, 3.63) is 80.5 Å². The molecule has 0 heterocycles. The molecule has 0 amide bonds. The molecule has 0 bridgehead atoms. The number of carbonyl (C=O) groups excluding carboxylic acids is 2. The summed E-state index contributed by atoms with van der Waals surface area (Å²) >= 11 is 0. The van der Waals surface area contributed by atoms with E-state index < -0.39 is 11.8 Å². The van der Waals surface area contributed by atoms with Gasteiger partial charge in [-0.3, -0.25) is 4.79 Å². The molecule has 1 aliphatic carbocycles. The number of ether oxygens (including phenoxy) is 1. The second kappa shape index (κ2) is 19.4. The normalized spacial score (nSPS) is 11.0. The molecule has 0 aromatic heterocycles. The molecule has 0 unspecified atom stereocenters. The molecule has 2 rings (SSSR count). The molecule has 1 aromatic rings. The van der Waals surface area contributed by atoms with Gasteiger partial charge >= 0.3 is 39.9 Å². The quantitative estimate of drug-likeness (QED) is 0.251. The average Bonchev–Trinajstić information content (AvgIpc) is 2.71. The summed E-state index contributed by atoms with van der Waals surface area (Å²) in [6, 6.07) is 8.09. The zero-order valence-corrected chi connectivity index (χ0v) is 15.1. The van der Waals surface area contributed by atoms with E-state index >= 15 is 0 Å². The van der Waals surface area contributed by atoms with E-state index in [0.29, 0.717) is 0 Å². The second-order valence-electron chi connectivity index (χ2n) is 4.27. The molecule has 1 aromatic carbocycles. The number of Topliss-reactive ketones (excluding diaryl/α,β-unsaturated/α-hetero) is 1. The van der Waals surface area contributed by atoms with Crippen molar-refractivity contribution in [3.63, 3.8) is 0 Å². The van der Waals surface area contributed by atoms with Crippen LogP contribution in [-0.2, 0) is 51.8 Å². The molecule has 26 heavy (non-hydrogen) atoms. The van der Waals surface area contributed by atoms with E-state index in [1.807, 2.05) is 18.2 Å². The summed E-state index contributed by atoms with van der Waals surface area (Å²) in [5, 5.41) is 0. The first-order valence-corrected chi connectivity index (χ1v) is 7.01. The summed E-state index contributed by atoms with van der Waals surface area (Å²) in [4.78, 5) is 22.7. The van der Waals surface area contributed by atoms with E-state index in [0.717, 1.165) is 24.3 Å². The maximum absolute atomic E-state index is 11.5. The van der Waals surface area contributed by atoms with Crippen LogP contribution in [-0.4, -0.2) is 18.4 Å². The van der Waals surface area contributed by atoms with Crippen LogP contribution in [0.3, 0.4) is 0 Å². The smallest absolute Gasteiger partial charge is 0 e. The van der Waals surface area contributed by atoms with E-state index in [9.17, 15) is 9.59 Å². The van der Waals surface area contributed by atoms with Crippen molar-refractivity contribution in [2.45, 2.75) is 19.8 Å². The molecule has 0 aliphatic heterocycles. The first-order chi connectivity index (χ1) is 12.2. The second-order valence-corrected chi connectivity index (χ2v) is 4.27. The number of benzene rings is 1. The van der Waals surface area contributed by atoms with Gasteiger partial charge in [0.2, 0.25) is 5.78 Å². The van der Waals surface area contributed by atoms with Gasteiger partial charge < -0.3 is 4.74 Å². The van der Waals surface area contributed by atoms with Gasteiger partial charge in [-0.15, -0.1) is 0 Å². The number of ketones is 1. The Kier molecular flexibility index (Phi) is 21.6. The minimum atomic E-state index is -0.802. The Labute approximate surface area is 164 Å². The van der Waals surface area contributed by atoms with Crippen LogP contribution in [0.25, 0.3) is 0 Å². The Morgan fingerprint density at radius 2 is 1.69 bits per heavy atom. The molecule has 136 valence electrons. The van der Waals surface area contributed by atoms with Crippen LogP contribution in [0, 0.1) is 45.1 Å². The van der Waals surface area contributed by atoms with Crippen LogP contribution < -0.4 is 0 Å². The van der Waals surface area contributed by atoms with Crippen molar-refractivity contribution in [1.29, 1.82) is 0 Å². The standard InChI is InChI=1S/C16H16O3.3CO.Fe/c1-2-19-16(18)15(17)11-10-13-8-5-7-12-6-3-4-9-14(12)13;3*1-2;/h3-4,6,8-11H,2,5,7H2,1H3;;;;. The van der Waals surface area contributed by atoms with Gasteiger partial charge in [0.15, 0.2) is 0 Å². The molecule has 4 radical (unpaired) electrons. The van der Waals surface area contributed by atoms with Crippen LogP contribution in [0.5, 0.6) is 0 Å². The number of esters is 1. The van der Waals surface area contributed by atoms with Crippen molar-refractivity contribution in [2.24, 2.45) is 0 Å². The number of hydrogen-bond donors (Lipinski definition) is 0. The van der Waals surface area contributed by atoms with Gasteiger partial charge in [-0.05, 0) is 43.7 Å². The fraction of sp³-hybridized carbons (Fsp3) is 0.211. The third-order valence-electron chi connectivity index (χ3n) is 3.00. The number of rotatable bonds is 5. The minimum absolute atomic E-state index is 0. The van der Waals surface area contributed by atoms with Gasteiger partial charge in [0.25, 0.3) is 0 Å². The number of hydrogen-bond acceptors (Lipinski definition) is 3. The molecule has 7 heteroatoms. The van der Waals surface area contributed by atoms with Gasteiger partial charge in [0.1, 0.15) is 0 Å². The monoisotopic (exact) mass is 396 g/mol. The number of fused-ring (bicyclic) bond motifs is 1. The molecule has 0 saturated heterocycles. The molecule has 0 spiro atoms.